The molecule has 1 aromatic heterocycles. The minimum atomic E-state index is -0.414. The van der Waals surface area contributed by atoms with Gasteiger partial charge in [0, 0.05) is 12.3 Å². The van der Waals surface area contributed by atoms with E-state index >= 15 is 0 Å². The van der Waals surface area contributed by atoms with E-state index in [1.54, 1.807) is 12.4 Å². The first-order valence-corrected chi connectivity index (χ1v) is 7.40. The summed E-state index contributed by atoms with van der Waals surface area (Å²) >= 11 is 0.849. The highest BCUT2D eigenvalue weighted by atomic mass is 32.2. The third-order valence-electron chi connectivity index (χ3n) is 3.03. The van der Waals surface area contributed by atoms with Gasteiger partial charge in [-0.2, -0.15) is 4.73 Å². The van der Waals surface area contributed by atoms with E-state index in [2.05, 4.69) is 10.3 Å². The van der Waals surface area contributed by atoms with Crippen LogP contribution in [-0.4, -0.2) is 20.9 Å². The summed E-state index contributed by atoms with van der Waals surface area (Å²) in [5.41, 5.74) is 2.21. The number of thioether (sulfide) groups is 1. The van der Waals surface area contributed by atoms with Gasteiger partial charge in [-0.15, -0.1) is 0 Å². The molecular weight excluding hydrogens is 302 g/mol. The highest BCUT2D eigenvalue weighted by molar-refractivity contribution is 8.18. The van der Waals surface area contributed by atoms with Crippen molar-refractivity contribution < 1.29 is 14.4 Å². The highest BCUT2D eigenvalue weighted by Gasteiger charge is 2.25. The van der Waals surface area contributed by atoms with Gasteiger partial charge in [0.15, 0.2) is 5.82 Å². The van der Waals surface area contributed by atoms with Crippen LogP contribution in [0.1, 0.15) is 17.0 Å². The summed E-state index contributed by atoms with van der Waals surface area (Å²) in [5.74, 6) is 0.0440. The smallest absolute Gasteiger partial charge is 0.290 e. The standard InChI is InChI=1S/C15H13N3O3S/c1-10-2-4-11(5-3-10)9-21-18-7-6-16-13(18)8-12-14(19)17-15(20)22-12/h2-8H,9H2,1H3,(H,17,19,20)/b12-8-. The third kappa shape index (κ3) is 3.20. The van der Waals surface area contributed by atoms with Gasteiger partial charge in [-0.1, -0.05) is 29.8 Å². The number of benzene rings is 1. The Bertz CT molecular complexity index is 750. The Hall–Kier alpha value is -2.54. The van der Waals surface area contributed by atoms with Crippen molar-refractivity contribution in [3.8, 4) is 0 Å². The fourth-order valence-electron chi connectivity index (χ4n) is 1.88. The molecule has 0 spiro atoms. The summed E-state index contributed by atoms with van der Waals surface area (Å²) in [6, 6.07) is 8.01. The van der Waals surface area contributed by atoms with Crippen molar-refractivity contribution in [2.45, 2.75) is 13.5 Å². The predicted octanol–water partition coefficient (Wildman–Crippen LogP) is 2.14. The van der Waals surface area contributed by atoms with Crippen molar-refractivity contribution in [2.75, 3.05) is 0 Å². The van der Waals surface area contributed by atoms with E-state index in [-0.39, 0.29) is 5.24 Å². The van der Waals surface area contributed by atoms with E-state index in [9.17, 15) is 9.59 Å². The van der Waals surface area contributed by atoms with Crippen molar-refractivity contribution >= 4 is 29.0 Å². The van der Waals surface area contributed by atoms with E-state index in [1.807, 2.05) is 31.2 Å². The van der Waals surface area contributed by atoms with Crippen molar-refractivity contribution in [3.63, 3.8) is 0 Å². The largest absolute Gasteiger partial charge is 0.408 e. The molecule has 1 aliphatic rings. The molecule has 1 fully saturated rings. The predicted molar refractivity (Wildman–Crippen MR) is 82.8 cm³/mol. The van der Waals surface area contributed by atoms with Crippen LogP contribution in [0.5, 0.6) is 0 Å². The second kappa shape index (κ2) is 6.07. The fraction of sp³-hybridized carbons (Fsp3) is 0.133. The molecule has 0 unspecified atom stereocenters. The molecule has 7 heteroatoms. The highest BCUT2D eigenvalue weighted by Crippen LogP contribution is 2.24. The fourth-order valence-corrected chi connectivity index (χ4v) is 2.53. The second-order valence-electron chi connectivity index (χ2n) is 4.72. The lowest BCUT2D eigenvalue weighted by Crippen LogP contribution is -2.18. The first-order chi connectivity index (χ1) is 10.6. The Balaban J connectivity index is 1.72. The molecule has 2 amide bonds. The Labute approximate surface area is 131 Å². The number of amides is 2. The van der Waals surface area contributed by atoms with Gasteiger partial charge in [-0.25, -0.2) is 4.98 Å². The van der Waals surface area contributed by atoms with E-state index in [1.165, 1.54) is 16.4 Å². The first-order valence-electron chi connectivity index (χ1n) is 6.59. The van der Waals surface area contributed by atoms with Crippen molar-refractivity contribution in [1.29, 1.82) is 0 Å². The lowest BCUT2D eigenvalue weighted by Gasteiger charge is -2.08. The number of nitrogens with zero attached hydrogens (tertiary/aromatic N) is 2. The van der Waals surface area contributed by atoms with Crippen LogP contribution in [0.15, 0.2) is 41.6 Å². The van der Waals surface area contributed by atoms with Crippen LogP contribution in [0.2, 0.25) is 0 Å². The summed E-state index contributed by atoms with van der Waals surface area (Å²) in [5, 5.41) is 1.82. The SMILES string of the molecule is Cc1ccc(COn2ccnc2/C=C2\SC(=O)NC2=O)cc1. The topological polar surface area (TPSA) is 73.2 Å². The van der Waals surface area contributed by atoms with Gasteiger partial charge in [0.05, 0.1) is 11.1 Å². The van der Waals surface area contributed by atoms with Crippen molar-refractivity contribution in [2.24, 2.45) is 0 Å². The van der Waals surface area contributed by atoms with Crippen molar-refractivity contribution in [1.82, 2.24) is 15.0 Å². The number of carbonyl (C=O) groups is 2. The minimum Gasteiger partial charge on any atom is -0.408 e. The molecule has 0 bridgehead atoms. The number of carbonyl (C=O) groups excluding carboxylic acids is 2. The number of hydrogen-bond acceptors (Lipinski definition) is 5. The molecule has 0 saturated carbocycles. The van der Waals surface area contributed by atoms with Crippen LogP contribution < -0.4 is 10.2 Å². The summed E-state index contributed by atoms with van der Waals surface area (Å²) in [6.45, 7) is 2.40. The average Bonchev–Trinajstić information content (AvgIpc) is 3.05. The molecular formula is C15H13N3O3S. The maximum atomic E-state index is 11.5. The number of nitrogens with one attached hydrogen (secondary N) is 1. The number of rotatable bonds is 4. The second-order valence-corrected chi connectivity index (χ2v) is 5.74. The van der Waals surface area contributed by atoms with Gasteiger partial charge in [0.2, 0.25) is 0 Å². The molecule has 1 aromatic carbocycles. The van der Waals surface area contributed by atoms with Gasteiger partial charge < -0.3 is 4.84 Å². The molecule has 0 aliphatic carbocycles. The van der Waals surface area contributed by atoms with E-state index in [4.69, 9.17) is 4.84 Å². The Kier molecular flexibility index (Phi) is 3.97. The van der Waals surface area contributed by atoms with E-state index in [0.29, 0.717) is 17.3 Å². The van der Waals surface area contributed by atoms with Gasteiger partial charge in [-0.05, 0) is 24.2 Å². The van der Waals surface area contributed by atoms with Gasteiger partial charge in [-0.3, -0.25) is 14.9 Å². The number of aromatic nitrogens is 2. The number of aryl methyl sites for hydroxylation is 1. The zero-order chi connectivity index (χ0) is 15.5. The van der Waals surface area contributed by atoms with E-state index < -0.39 is 5.91 Å². The molecule has 0 atom stereocenters. The summed E-state index contributed by atoms with van der Waals surface area (Å²) < 4.78 is 1.48. The summed E-state index contributed by atoms with van der Waals surface area (Å²) in [4.78, 5) is 32.8. The molecule has 1 saturated heterocycles. The van der Waals surface area contributed by atoms with Crippen LogP contribution >= 0.6 is 11.8 Å². The van der Waals surface area contributed by atoms with Crippen molar-refractivity contribution in [3.05, 3.63) is 58.5 Å². The molecule has 3 rings (SSSR count). The lowest BCUT2D eigenvalue weighted by atomic mass is 10.2. The Morgan fingerprint density at radius 1 is 1.32 bits per heavy atom. The Morgan fingerprint density at radius 2 is 2.09 bits per heavy atom. The average molecular weight is 315 g/mol. The normalized spacial score (nSPS) is 16.1. The molecule has 1 N–H and O–H groups in total. The van der Waals surface area contributed by atoms with E-state index in [0.717, 1.165) is 17.3 Å². The first kappa shape index (κ1) is 14.4. The Morgan fingerprint density at radius 3 is 2.77 bits per heavy atom. The quantitative estimate of drug-likeness (QED) is 0.875. The van der Waals surface area contributed by atoms with Gasteiger partial charge >= 0.3 is 0 Å². The maximum Gasteiger partial charge on any atom is 0.290 e. The lowest BCUT2D eigenvalue weighted by molar-refractivity contribution is -0.115. The van der Waals surface area contributed by atoms with Crippen LogP contribution in [0.25, 0.3) is 6.08 Å². The number of hydrogen-bond donors (Lipinski definition) is 1. The van der Waals surface area contributed by atoms with Crippen LogP contribution in [0.3, 0.4) is 0 Å². The number of imide groups is 1. The zero-order valence-electron chi connectivity index (χ0n) is 11.8. The van der Waals surface area contributed by atoms with Gasteiger partial charge in [0.1, 0.15) is 6.61 Å². The third-order valence-corrected chi connectivity index (χ3v) is 3.84. The summed E-state index contributed by atoms with van der Waals surface area (Å²) in [7, 11) is 0. The molecule has 0 radical (unpaired) electrons. The van der Waals surface area contributed by atoms with Crippen LogP contribution in [0, 0.1) is 6.92 Å². The number of imidazole rings is 1. The monoisotopic (exact) mass is 315 g/mol. The molecule has 22 heavy (non-hydrogen) atoms. The van der Waals surface area contributed by atoms with Gasteiger partial charge in [0.25, 0.3) is 11.1 Å². The van der Waals surface area contributed by atoms with Crippen LogP contribution in [0.4, 0.5) is 4.79 Å². The minimum absolute atomic E-state index is 0.302. The van der Waals surface area contributed by atoms with Crippen LogP contribution in [-0.2, 0) is 11.4 Å². The maximum absolute atomic E-state index is 11.5. The molecule has 6 nitrogen and oxygen atoms in total. The molecule has 1 aliphatic heterocycles. The molecule has 112 valence electrons. The molecule has 2 aromatic rings. The zero-order valence-corrected chi connectivity index (χ0v) is 12.6. The summed E-state index contributed by atoms with van der Waals surface area (Å²) in [6.07, 6.45) is 4.75. The molecule has 2 heterocycles.